The van der Waals surface area contributed by atoms with E-state index in [4.69, 9.17) is 0 Å². The number of carbonyl (C=O) groups is 1. The number of rotatable bonds is 2. The predicted octanol–water partition coefficient (Wildman–Crippen LogP) is 2.31. The molecule has 0 bridgehead atoms. The Morgan fingerprint density at radius 3 is 2.75 bits per heavy atom. The topological polar surface area (TPSA) is 58.1 Å². The van der Waals surface area contributed by atoms with Crippen LogP contribution in [0.1, 0.15) is 49.0 Å². The largest absolute Gasteiger partial charge is 0.372 e. The fraction of sp³-hybridized carbons (Fsp3) is 0.667. The first kappa shape index (κ1) is 13.3. The summed E-state index contributed by atoms with van der Waals surface area (Å²) in [7, 11) is 1.79. The number of nitrogens with one attached hydrogen (secondary N) is 1. The molecule has 5 heteroatoms. The van der Waals surface area contributed by atoms with Gasteiger partial charge in [0.25, 0.3) is 5.91 Å². The van der Waals surface area contributed by atoms with Crippen LogP contribution in [0, 0.1) is 5.92 Å². The molecule has 1 amide bonds. The molecule has 20 heavy (non-hydrogen) atoms. The van der Waals surface area contributed by atoms with Gasteiger partial charge in [-0.3, -0.25) is 4.79 Å². The molecule has 1 N–H and O–H groups in total. The highest BCUT2D eigenvalue weighted by atomic mass is 16.2. The van der Waals surface area contributed by atoms with Crippen LogP contribution >= 0.6 is 0 Å². The molecule has 2 aliphatic rings. The summed E-state index contributed by atoms with van der Waals surface area (Å²) in [5, 5.41) is 11.0. The summed E-state index contributed by atoms with van der Waals surface area (Å²) in [6.45, 7) is 0.870. The normalized spacial score (nSPS) is 25.9. The lowest BCUT2D eigenvalue weighted by atomic mass is 9.78. The van der Waals surface area contributed by atoms with Crippen LogP contribution in [0.5, 0.6) is 0 Å². The molecule has 3 rings (SSSR count). The molecule has 2 fully saturated rings. The van der Waals surface area contributed by atoms with Gasteiger partial charge in [-0.05, 0) is 43.7 Å². The van der Waals surface area contributed by atoms with Gasteiger partial charge in [0.1, 0.15) is 5.82 Å². The predicted molar refractivity (Wildman–Crippen MR) is 77.6 cm³/mol. The molecule has 1 aromatic rings. The zero-order valence-electron chi connectivity index (χ0n) is 12.0. The van der Waals surface area contributed by atoms with Gasteiger partial charge >= 0.3 is 0 Å². The van der Waals surface area contributed by atoms with Crippen molar-refractivity contribution in [2.45, 2.75) is 44.6 Å². The number of aromatic nitrogens is 2. The molecule has 2 unspecified atom stereocenters. The lowest BCUT2D eigenvalue weighted by molar-refractivity contribution is 0.0384. The van der Waals surface area contributed by atoms with Gasteiger partial charge in [-0.2, -0.15) is 0 Å². The van der Waals surface area contributed by atoms with Crippen LogP contribution in [0.3, 0.4) is 0 Å². The molecule has 1 saturated heterocycles. The Labute approximate surface area is 119 Å². The molecule has 108 valence electrons. The van der Waals surface area contributed by atoms with Crippen molar-refractivity contribution in [3.63, 3.8) is 0 Å². The lowest BCUT2D eigenvalue weighted by Crippen LogP contribution is -2.49. The molecule has 0 radical (unpaired) electrons. The number of hydrogen-bond acceptors (Lipinski definition) is 4. The summed E-state index contributed by atoms with van der Waals surface area (Å²) in [5.41, 5.74) is 0.468. The minimum Gasteiger partial charge on any atom is -0.372 e. The van der Waals surface area contributed by atoms with Gasteiger partial charge in [0.2, 0.25) is 0 Å². The van der Waals surface area contributed by atoms with E-state index in [2.05, 4.69) is 20.4 Å². The highest BCUT2D eigenvalue weighted by molar-refractivity contribution is 5.92. The van der Waals surface area contributed by atoms with Crippen molar-refractivity contribution in [2.75, 3.05) is 18.9 Å². The maximum absolute atomic E-state index is 12.7. The Morgan fingerprint density at radius 1 is 1.20 bits per heavy atom. The van der Waals surface area contributed by atoms with Crippen LogP contribution in [0.25, 0.3) is 0 Å². The third-order valence-corrected chi connectivity index (χ3v) is 4.64. The molecule has 0 aromatic carbocycles. The van der Waals surface area contributed by atoms with Crippen LogP contribution in [0.15, 0.2) is 12.1 Å². The fourth-order valence-electron chi connectivity index (χ4n) is 3.60. The number of hydrogen-bond donors (Lipinski definition) is 1. The van der Waals surface area contributed by atoms with Crippen molar-refractivity contribution in [1.29, 1.82) is 0 Å². The van der Waals surface area contributed by atoms with E-state index >= 15 is 0 Å². The molecule has 2 heterocycles. The van der Waals surface area contributed by atoms with Crippen molar-refractivity contribution < 1.29 is 4.79 Å². The summed E-state index contributed by atoms with van der Waals surface area (Å²) in [4.78, 5) is 14.7. The summed E-state index contributed by atoms with van der Waals surface area (Å²) < 4.78 is 0. The van der Waals surface area contributed by atoms with E-state index in [9.17, 15) is 4.79 Å². The minimum atomic E-state index is 0.0525. The van der Waals surface area contributed by atoms with Crippen molar-refractivity contribution in [1.82, 2.24) is 15.1 Å². The first-order valence-corrected chi connectivity index (χ1v) is 7.62. The van der Waals surface area contributed by atoms with Crippen LogP contribution in [0.2, 0.25) is 0 Å². The fourth-order valence-corrected chi connectivity index (χ4v) is 3.60. The Kier molecular flexibility index (Phi) is 3.85. The second-order valence-corrected chi connectivity index (χ2v) is 5.81. The van der Waals surface area contributed by atoms with Gasteiger partial charge in [0.05, 0.1) is 0 Å². The van der Waals surface area contributed by atoms with Crippen LogP contribution in [-0.4, -0.2) is 40.6 Å². The number of likely N-dealkylation sites (tertiary alicyclic amines) is 1. The molecule has 2 atom stereocenters. The Balaban J connectivity index is 1.77. The number of anilines is 1. The third-order valence-electron chi connectivity index (χ3n) is 4.64. The van der Waals surface area contributed by atoms with Gasteiger partial charge in [0, 0.05) is 19.6 Å². The highest BCUT2D eigenvalue weighted by Crippen LogP contribution is 2.35. The van der Waals surface area contributed by atoms with E-state index in [-0.39, 0.29) is 5.91 Å². The number of amides is 1. The molecule has 0 spiro atoms. The van der Waals surface area contributed by atoms with Crippen LogP contribution in [0.4, 0.5) is 5.82 Å². The maximum atomic E-state index is 12.7. The summed E-state index contributed by atoms with van der Waals surface area (Å²) in [5.74, 6) is 1.44. The summed E-state index contributed by atoms with van der Waals surface area (Å²) in [6.07, 6.45) is 7.39. The van der Waals surface area contributed by atoms with Gasteiger partial charge in [-0.25, -0.2) is 0 Å². The van der Waals surface area contributed by atoms with E-state index in [0.29, 0.717) is 23.5 Å². The van der Waals surface area contributed by atoms with E-state index in [1.165, 1.54) is 25.7 Å². The lowest BCUT2D eigenvalue weighted by Gasteiger charge is -2.43. The van der Waals surface area contributed by atoms with Crippen molar-refractivity contribution in [3.8, 4) is 0 Å². The van der Waals surface area contributed by atoms with Gasteiger partial charge in [0.15, 0.2) is 5.69 Å². The second-order valence-electron chi connectivity index (χ2n) is 5.81. The average molecular weight is 274 g/mol. The molecular weight excluding hydrogens is 252 g/mol. The summed E-state index contributed by atoms with van der Waals surface area (Å²) in [6, 6.07) is 4.01. The second kappa shape index (κ2) is 5.77. The Morgan fingerprint density at radius 2 is 2.00 bits per heavy atom. The van der Waals surface area contributed by atoms with E-state index in [1.54, 1.807) is 13.1 Å². The Hall–Kier alpha value is -1.65. The molecular formula is C15H22N4O. The molecule has 5 nitrogen and oxygen atoms in total. The van der Waals surface area contributed by atoms with Crippen LogP contribution < -0.4 is 5.32 Å². The van der Waals surface area contributed by atoms with Gasteiger partial charge < -0.3 is 10.2 Å². The highest BCUT2D eigenvalue weighted by Gasteiger charge is 2.36. The first-order valence-electron chi connectivity index (χ1n) is 7.62. The minimum absolute atomic E-state index is 0.0525. The standard InChI is InChI=1S/C15H22N4O/c1-16-14-9-8-12(17-18-14)15(20)19-10-4-6-11-5-2-3-7-13(11)19/h8-9,11,13H,2-7,10H2,1H3,(H,16,18). The van der Waals surface area contributed by atoms with Crippen molar-refractivity contribution in [3.05, 3.63) is 17.8 Å². The van der Waals surface area contributed by atoms with E-state index < -0.39 is 0 Å². The smallest absolute Gasteiger partial charge is 0.274 e. The molecule has 1 aliphatic heterocycles. The average Bonchev–Trinajstić information content (AvgIpc) is 2.54. The van der Waals surface area contributed by atoms with Crippen LogP contribution in [-0.2, 0) is 0 Å². The number of nitrogens with zero attached hydrogens (tertiary/aromatic N) is 3. The molecule has 1 aromatic heterocycles. The monoisotopic (exact) mass is 274 g/mol. The quantitative estimate of drug-likeness (QED) is 0.899. The van der Waals surface area contributed by atoms with E-state index in [1.807, 2.05) is 6.07 Å². The molecule has 1 aliphatic carbocycles. The van der Waals surface area contributed by atoms with Crippen molar-refractivity contribution in [2.24, 2.45) is 5.92 Å². The van der Waals surface area contributed by atoms with Crippen molar-refractivity contribution >= 4 is 11.7 Å². The summed E-state index contributed by atoms with van der Waals surface area (Å²) >= 11 is 0. The SMILES string of the molecule is CNc1ccc(C(=O)N2CCCC3CCCCC32)nn1. The van der Waals surface area contributed by atoms with Gasteiger partial charge in [-0.15, -0.1) is 10.2 Å². The maximum Gasteiger partial charge on any atom is 0.274 e. The number of fused-ring (bicyclic) bond motifs is 1. The number of piperidine rings is 1. The zero-order chi connectivity index (χ0) is 13.9. The van der Waals surface area contributed by atoms with Gasteiger partial charge in [-0.1, -0.05) is 12.8 Å². The van der Waals surface area contributed by atoms with E-state index in [0.717, 1.165) is 19.4 Å². The Bertz CT molecular complexity index is 471. The molecule has 1 saturated carbocycles. The number of carbonyl (C=O) groups excluding carboxylic acids is 1. The third kappa shape index (κ3) is 2.49. The first-order chi connectivity index (χ1) is 9.79. The zero-order valence-corrected chi connectivity index (χ0v) is 12.0.